The Morgan fingerprint density at radius 2 is 2.31 bits per heavy atom. The Morgan fingerprint density at radius 1 is 1.54 bits per heavy atom. The molecule has 0 saturated carbocycles. The average Bonchev–Trinajstić information content (AvgIpc) is 2.01. The summed E-state index contributed by atoms with van der Waals surface area (Å²) in [4.78, 5) is 21.4. The molecule has 0 spiro atoms. The summed E-state index contributed by atoms with van der Waals surface area (Å²) < 4.78 is 0. The highest BCUT2D eigenvalue weighted by Gasteiger charge is 2.22. The molecule has 0 N–H and O–H groups in total. The van der Waals surface area contributed by atoms with Crippen LogP contribution in [0.25, 0.3) is 0 Å². The van der Waals surface area contributed by atoms with E-state index in [1.54, 1.807) is 24.1 Å². The minimum atomic E-state index is 0.0248. The molecule has 0 atom stereocenters. The zero-order valence-corrected chi connectivity index (χ0v) is 7.53. The van der Waals surface area contributed by atoms with Crippen LogP contribution in [0.1, 0.15) is 22.7 Å². The molecule has 0 unspecified atom stereocenters. The lowest BCUT2D eigenvalue weighted by molar-refractivity contribution is 0.0645. The van der Waals surface area contributed by atoms with Gasteiger partial charge in [-0.15, -0.1) is 0 Å². The number of amides is 1. The molecule has 1 aromatic rings. The Bertz CT molecular complexity index is 333. The molecule has 1 aliphatic rings. The smallest absolute Gasteiger partial charge is 0.272 e. The van der Waals surface area contributed by atoms with E-state index < -0.39 is 0 Å². The van der Waals surface area contributed by atoms with Crippen LogP contribution in [0.2, 0.25) is 0 Å². The number of nitrogens with zero attached hydrogens (tertiary/aromatic N) is 3. The van der Waals surface area contributed by atoms with E-state index in [0.29, 0.717) is 11.5 Å². The minimum absolute atomic E-state index is 0.0248. The van der Waals surface area contributed by atoms with Gasteiger partial charge in [-0.25, -0.2) is 9.97 Å². The van der Waals surface area contributed by atoms with Crippen LogP contribution in [0.3, 0.4) is 0 Å². The van der Waals surface area contributed by atoms with Gasteiger partial charge in [-0.1, -0.05) is 0 Å². The maximum Gasteiger partial charge on any atom is 0.272 e. The molecule has 1 aliphatic heterocycles. The second kappa shape index (κ2) is 3.12. The van der Waals surface area contributed by atoms with E-state index in [0.717, 1.165) is 19.5 Å². The lowest BCUT2D eigenvalue weighted by Crippen LogP contribution is -2.42. The third kappa shape index (κ3) is 1.52. The third-order valence-electron chi connectivity index (χ3n) is 2.14. The van der Waals surface area contributed by atoms with Gasteiger partial charge >= 0.3 is 0 Å². The summed E-state index contributed by atoms with van der Waals surface area (Å²) in [6, 6.07) is 1.66. The van der Waals surface area contributed by atoms with E-state index in [4.69, 9.17) is 0 Å². The number of hydrogen-bond donors (Lipinski definition) is 0. The number of carbonyl (C=O) groups is 1. The highest BCUT2D eigenvalue weighted by Crippen LogP contribution is 2.10. The topological polar surface area (TPSA) is 46.1 Å². The van der Waals surface area contributed by atoms with Crippen molar-refractivity contribution in [3.05, 3.63) is 23.8 Å². The molecule has 0 radical (unpaired) electrons. The third-order valence-corrected chi connectivity index (χ3v) is 2.14. The molecule has 1 fully saturated rings. The number of likely N-dealkylation sites (tertiary alicyclic amines) is 1. The Balaban J connectivity index is 2.19. The summed E-state index contributed by atoms with van der Waals surface area (Å²) in [5.74, 6) is 0.670. The summed E-state index contributed by atoms with van der Waals surface area (Å²) in [5, 5.41) is 0. The largest absolute Gasteiger partial charge is 0.337 e. The van der Waals surface area contributed by atoms with Gasteiger partial charge in [-0.2, -0.15) is 0 Å². The molecule has 2 heterocycles. The maximum atomic E-state index is 11.6. The molecule has 0 aromatic carbocycles. The van der Waals surface area contributed by atoms with Crippen LogP contribution in [-0.2, 0) is 0 Å². The number of aryl methyl sites for hydroxylation is 1. The Kier molecular flexibility index (Phi) is 1.96. The molecule has 1 amide bonds. The first kappa shape index (κ1) is 8.16. The predicted molar refractivity (Wildman–Crippen MR) is 47.3 cm³/mol. The van der Waals surface area contributed by atoms with E-state index in [1.165, 1.54) is 0 Å². The zero-order valence-electron chi connectivity index (χ0n) is 7.53. The highest BCUT2D eigenvalue weighted by molar-refractivity contribution is 5.92. The van der Waals surface area contributed by atoms with Crippen molar-refractivity contribution in [3.63, 3.8) is 0 Å². The molecule has 4 nitrogen and oxygen atoms in total. The summed E-state index contributed by atoms with van der Waals surface area (Å²) in [7, 11) is 0. The van der Waals surface area contributed by atoms with Crippen molar-refractivity contribution in [1.82, 2.24) is 14.9 Å². The van der Waals surface area contributed by atoms with Gasteiger partial charge in [0.25, 0.3) is 5.91 Å². The number of rotatable bonds is 1. The Labute approximate surface area is 76.6 Å². The summed E-state index contributed by atoms with van der Waals surface area (Å²) in [6.45, 7) is 3.51. The van der Waals surface area contributed by atoms with Crippen molar-refractivity contribution in [2.75, 3.05) is 13.1 Å². The fraction of sp³-hybridized carbons (Fsp3) is 0.444. The van der Waals surface area contributed by atoms with E-state index in [1.807, 2.05) is 0 Å². The molecule has 0 aliphatic carbocycles. The van der Waals surface area contributed by atoms with Crippen molar-refractivity contribution in [1.29, 1.82) is 0 Å². The van der Waals surface area contributed by atoms with E-state index >= 15 is 0 Å². The first-order valence-corrected chi connectivity index (χ1v) is 4.36. The van der Waals surface area contributed by atoms with Crippen molar-refractivity contribution >= 4 is 5.91 Å². The average molecular weight is 177 g/mol. The number of hydrogen-bond acceptors (Lipinski definition) is 3. The summed E-state index contributed by atoms with van der Waals surface area (Å²) in [6.07, 6.45) is 2.73. The standard InChI is InChI=1S/C9H11N3O/c1-7-10-4-3-8(11-7)9(13)12-5-2-6-12/h3-4H,2,5-6H2,1H3. The van der Waals surface area contributed by atoms with Crippen molar-refractivity contribution in [3.8, 4) is 0 Å². The fourth-order valence-corrected chi connectivity index (χ4v) is 1.26. The van der Waals surface area contributed by atoms with Gasteiger partial charge in [0.1, 0.15) is 11.5 Å². The molecule has 2 rings (SSSR count). The second-order valence-corrected chi connectivity index (χ2v) is 3.13. The molecular weight excluding hydrogens is 166 g/mol. The molecule has 0 bridgehead atoms. The molecule has 4 heteroatoms. The SMILES string of the molecule is Cc1nccc(C(=O)N2CCC2)n1. The van der Waals surface area contributed by atoms with Crippen LogP contribution < -0.4 is 0 Å². The first-order chi connectivity index (χ1) is 6.27. The Hall–Kier alpha value is -1.45. The van der Waals surface area contributed by atoms with E-state index in [2.05, 4.69) is 9.97 Å². The van der Waals surface area contributed by atoms with E-state index in [-0.39, 0.29) is 5.91 Å². The lowest BCUT2D eigenvalue weighted by Gasteiger charge is -2.30. The highest BCUT2D eigenvalue weighted by atomic mass is 16.2. The molecule has 13 heavy (non-hydrogen) atoms. The van der Waals surface area contributed by atoms with Crippen LogP contribution in [0, 0.1) is 6.92 Å². The summed E-state index contributed by atoms with van der Waals surface area (Å²) in [5.41, 5.74) is 0.507. The van der Waals surface area contributed by atoms with Crippen molar-refractivity contribution < 1.29 is 4.79 Å². The van der Waals surface area contributed by atoms with Gasteiger partial charge in [0.05, 0.1) is 0 Å². The van der Waals surface area contributed by atoms with Gasteiger partial charge in [-0.3, -0.25) is 4.79 Å². The van der Waals surface area contributed by atoms with E-state index in [9.17, 15) is 4.79 Å². The zero-order chi connectivity index (χ0) is 9.26. The lowest BCUT2D eigenvalue weighted by atomic mass is 10.2. The second-order valence-electron chi connectivity index (χ2n) is 3.13. The van der Waals surface area contributed by atoms with Crippen molar-refractivity contribution in [2.45, 2.75) is 13.3 Å². The number of aromatic nitrogens is 2. The fourth-order valence-electron chi connectivity index (χ4n) is 1.26. The minimum Gasteiger partial charge on any atom is -0.337 e. The quantitative estimate of drug-likeness (QED) is 0.632. The number of carbonyl (C=O) groups excluding carboxylic acids is 1. The van der Waals surface area contributed by atoms with Crippen LogP contribution in [0.4, 0.5) is 0 Å². The molecule has 1 saturated heterocycles. The van der Waals surface area contributed by atoms with Gasteiger partial charge in [0.15, 0.2) is 0 Å². The first-order valence-electron chi connectivity index (χ1n) is 4.36. The Morgan fingerprint density at radius 3 is 2.85 bits per heavy atom. The predicted octanol–water partition coefficient (Wildman–Crippen LogP) is 0.631. The van der Waals surface area contributed by atoms with Crippen LogP contribution in [0.5, 0.6) is 0 Å². The van der Waals surface area contributed by atoms with Crippen LogP contribution in [0.15, 0.2) is 12.3 Å². The van der Waals surface area contributed by atoms with Gasteiger partial charge in [0.2, 0.25) is 0 Å². The van der Waals surface area contributed by atoms with Crippen LogP contribution >= 0.6 is 0 Å². The van der Waals surface area contributed by atoms with Gasteiger partial charge < -0.3 is 4.90 Å². The van der Waals surface area contributed by atoms with Crippen molar-refractivity contribution in [2.24, 2.45) is 0 Å². The normalized spacial score (nSPS) is 15.3. The van der Waals surface area contributed by atoms with Gasteiger partial charge in [0, 0.05) is 19.3 Å². The molecular formula is C9H11N3O. The summed E-state index contributed by atoms with van der Waals surface area (Å²) >= 11 is 0. The monoisotopic (exact) mass is 177 g/mol. The molecule has 1 aromatic heterocycles. The molecule has 68 valence electrons. The van der Waals surface area contributed by atoms with Crippen LogP contribution in [-0.4, -0.2) is 33.9 Å². The van der Waals surface area contributed by atoms with Gasteiger partial charge in [-0.05, 0) is 19.4 Å². The maximum absolute atomic E-state index is 11.6.